The molecule has 1 saturated carbocycles. The van der Waals surface area contributed by atoms with E-state index in [-0.39, 0.29) is 29.1 Å². The first kappa shape index (κ1) is 26.4. The normalized spacial score (nSPS) is 17.4. The molecule has 6 rings (SSSR count). The number of rotatable bonds is 7. The number of nitrogens with two attached hydrogens (primary N) is 1. The van der Waals surface area contributed by atoms with Crippen molar-refractivity contribution in [2.75, 3.05) is 18.8 Å². The third-order valence-electron chi connectivity index (χ3n) is 7.52. The quantitative estimate of drug-likeness (QED) is 0.234. The summed E-state index contributed by atoms with van der Waals surface area (Å²) in [6, 6.07) is 12.0. The van der Waals surface area contributed by atoms with E-state index in [1.807, 2.05) is 0 Å². The third kappa shape index (κ3) is 5.33. The van der Waals surface area contributed by atoms with E-state index in [0.717, 1.165) is 44.2 Å². The van der Waals surface area contributed by atoms with Gasteiger partial charge in [0.15, 0.2) is 23.0 Å². The van der Waals surface area contributed by atoms with Crippen molar-refractivity contribution in [3.05, 3.63) is 72.1 Å². The van der Waals surface area contributed by atoms with Crippen LogP contribution < -0.4 is 10.5 Å². The maximum Gasteiger partial charge on any atom is 0.264 e. The van der Waals surface area contributed by atoms with Gasteiger partial charge in [0.1, 0.15) is 35.2 Å². The maximum atomic E-state index is 14.0. The van der Waals surface area contributed by atoms with Gasteiger partial charge in [-0.25, -0.2) is 23.4 Å². The van der Waals surface area contributed by atoms with E-state index in [1.54, 1.807) is 39.9 Å². The van der Waals surface area contributed by atoms with E-state index < -0.39 is 17.4 Å². The highest BCUT2D eigenvalue weighted by atomic mass is 19.1. The fraction of sp³-hybridized carbons (Fsp3) is 0.300. The molecule has 1 aliphatic carbocycles. The minimum atomic E-state index is -0.802. The first-order valence-electron chi connectivity index (χ1n) is 13.5. The van der Waals surface area contributed by atoms with Gasteiger partial charge in [-0.2, -0.15) is 10.4 Å². The van der Waals surface area contributed by atoms with Crippen LogP contribution in [0, 0.1) is 28.9 Å². The Kier molecular flexibility index (Phi) is 7.05. The molecule has 2 N–H and O–H groups in total. The Bertz CT molecular complexity index is 1670. The highest BCUT2D eigenvalue weighted by Crippen LogP contribution is 2.36. The number of benzene rings is 2. The van der Waals surface area contributed by atoms with E-state index in [2.05, 4.69) is 16.0 Å². The largest absolute Gasteiger partial charge is 0.451 e. The predicted molar refractivity (Wildman–Crippen MR) is 147 cm³/mol. The van der Waals surface area contributed by atoms with Gasteiger partial charge in [0.2, 0.25) is 0 Å². The van der Waals surface area contributed by atoms with Gasteiger partial charge in [0.25, 0.3) is 5.91 Å². The first-order chi connectivity index (χ1) is 19.9. The number of para-hydroxylation sites is 1. The Morgan fingerprint density at radius 2 is 1.88 bits per heavy atom. The lowest BCUT2D eigenvalue weighted by Gasteiger charge is -2.32. The molecule has 2 aromatic carbocycles. The lowest BCUT2D eigenvalue weighted by atomic mass is 10.0. The Balaban J connectivity index is 1.28. The number of hydrogen-bond acceptors (Lipinski definition) is 7. The molecule has 2 aromatic heterocycles. The van der Waals surface area contributed by atoms with Crippen molar-refractivity contribution < 1.29 is 18.3 Å². The molecule has 1 aliphatic heterocycles. The number of nitrogen functional groups attached to an aromatic ring is 1. The average molecular weight is 556 g/mol. The number of nitrogens with zero attached hydrogens (tertiary/aromatic N) is 6. The number of piperidine rings is 1. The molecule has 9 nitrogen and oxygen atoms in total. The average Bonchev–Trinajstić information content (AvgIpc) is 3.73. The summed E-state index contributed by atoms with van der Waals surface area (Å²) in [4.78, 5) is 23.5. The number of likely N-dealkylation sites (tertiary alicyclic amines) is 1. The number of nitriles is 1. The van der Waals surface area contributed by atoms with Crippen molar-refractivity contribution >= 4 is 22.8 Å². The molecule has 4 aromatic rings. The molecule has 0 radical (unpaired) electrons. The Morgan fingerprint density at radius 1 is 1.12 bits per heavy atom. The molecule has 2 aliphatic rings. The minimum absolute atomic E-state index is 0.187. The zero-order valence-corrected chi connectivity index (χ0v) is 22.1. The maximum absolute atomic E-state index is 14.0. The summed E-state index contributed by atoms with van der Waals surface area (Å²) in [6.45, 7) is 0.938. The Hall–Kier alpha value is -4.85. The van der Waals surface area contributed by atoms with Crippen LogP contribution in [-0.4, -0.2) is 43.6 Å². The number of fused-ring (bicyclic) bond motifs is 1. The zero-order valence-electron chi connectivity index (χ0n) is 22.1. The molecule has 11 heteroatoms. The second kappa shape index (κ2) is 11.0. The molecule has 0 unspecified atom stereocenters. The number of carbonyl (C=O) groups excluding carboxylic acids is 1. The zero-order chi connectivity index (χ0) is 28.5. The van der Waals surface area contributed by atoms with E-state index in [0.29, 0.717) is 41.3 Å². The number of allylic oxidation sites excluding steroid dienone is 1. The molecule has 208 valence electrons. The second-order valence-corrected chi connectivity index (χ2v) is 10.4. The number of halogens is 2. The highest BCUT2D eigenvalue weighted by Gasteiger charge is 2.30. The number of aromatic nitrogens is 4. The first-order valence-corrected chi connectivity index (χ1v) is 13.5. The van der Waals surface area contributed by atoms with Gasteiger partial charge in [-0.1, -0.05) is 12.1 Å². The minimum Gasteiger partial charge on any atom is -0.451 e. The van der Waals surface area contributed by atoms with Gasteiger partial charge >= 0.3 is 0 Å². The number of carbonyl (C=O) groups is 1. The van der Waals surface area contributed by atoms with E-state index in [4.69, 9.17) is 15.6 Å². The summed E-state index contributed by atoms with van der Waals surface area (Å²) in [5.74, 6) is -1.26. The van der Waals surface area contributed by atoms with Crippen molar-refractivity contribution in [1.29, 1.82) is 5.26 Å². The van der Waals surface area contributed by atoms with E-state index >= 15 is 0 Å². The summed E-state index contributed by atoms with van der Waals surface area (Å²) in [5, 5.41) is 15.0. The molecule has 3 heterocycles. The Morgan fingerprint density at radius 3 is 2.59 bits per heavy atom. The van der Waals surface area contributed by atoms with Crippen molar-refractivity contribution in [2.24, 2.45) is 5.92 Å². The number of hydrogen-bond donors (Lipinski definition) is 1. The van der Waals surface area contributed by atoms with Crippen molar-refractivity contribution in [2.45, 2.75) is 38.1 Å². The molecule has 1 atom stereocenters. The number of amides is 1. The van der Waals surface area contributed by atoms with Crippen molar-refractivity contribution in [1.82, 2.24) is 24.6 Å². The summed E-state index contributed by atoms with van der Waals surface area (Å²) in [5.41, 5.74) is 8.21. The SMILES string of the molecule is N#C/C(=C\CC1CC1)C(=O)N1CCC[C@@H](n2nc(-c3ccc(Oc4c(F)cccc4F)cc3)c3c(N)ncnc32)C1. The molecule has 1 saturated heterocycles. The van der Waals surface area contributed by atoms with Crippen LogP contribution in [0.3, 0.4) is 0 Å². The van der Waals surface area contributed by atoms with Crippen molar-refractivity contribution in [3.8, 4) is 28.8 Å². The van der Waals surface area contributed by atoms with Crippen LogP contribution in [0.1, 0.15) is 38.1 Å². The highest BCUT2D eigenvalue weighted by molar-refractivity contribution is 5.99. The summed E-state index contributed by atoms with van der Waals surface area (Å²) in [6.07, 6.45) is 7.70. The molecule has 41 heavy (non-hydrogen) atoms. The smallest absolute Gasteiger partial charge is 0.264 e. The fourth-order valence-electron chi connectivity index (χ4n) is 5.16. The third-order valence-corrected chi connectivity index (χ3v) is 7.52. The van der Waals surface area contributed by atoms with Gasteiger partial charge < -0.3 is 15.4 Å². The number of anilines is 1. The van der Waals surface area contributed by atoms with Crippen LogP contribution >= 0.6 is 0 Å². The summed E-state index contributed by atoms with van der Waals surface area (Å²) < 4.78 is 35.3. The topological polar surface area (TPSA) is 123 Å². The van der Waals surface area contributed by atoms with Gasteiger partial charge in [0, 0.05) is 18.7 Å². The lowest BCUT2D eigenvalue weighted by molar-refractivity contribution is -0.128. The van der Waals surface area contributed by atoms with Crippen LogP contribution in [0.15, 0.2) is 60.4 Å². The molecule has 2 fully saturated rings. The van der Waals surface area contributed by atoms with Gasteiger partial charge in [-0.15, -0.1) is 0 Å². The van der Waals surface area contributed by atoms with Crippen LogP contribution in [0.5, 0.6) is 11.5 Å². The fourth-order valence-corrected chi connectivity index (χ4v) is 5.16. The molecule has 0 spiro atoms. The van der Waals surface area contributed by atoms with Gasteiger partial charge in [0.05, 0.1) is 11.4 Å². The Labute approximate surface area is 234 Å². The summed E-state index contributed by atoms with van der Waals surface area (Å²) >= 11 is 0. The molecular weight excluding hydrogens is 528 g/mol. The van der Waals surface area contributed by atoms with Crippen LogP contribution in [0.25, 0.3) is 22.3 Å². The lowest BCUT2D eigenvalue weighted by Crippen LogP contribution is -2.41. The molecule has 1 amide bonds. The monoisotopic (exact) mass is 555 g/mol. The summed E-state index contributed by atoms with van der Waals surface area (Å²) in [7, 11) is 0. The van der Waals surface area contributed by atoms with Crippen LogP contribution in [-0.2, 0) is 4.79 Å². The van der Waals surface area contributed by atoms with Crippen molar-refractivity contribution in [3.63, 3.8) is 0 Å². The van der Waals surface area contributed by atoms with Crippen LogP contribution in [0.4, 0.5) is 14.6 Å². The standard InChI is InChI=1S/C30H27F2N7O2/c31-23-4-1-5-24(32)27(23)41-22-12-10-19(11-13-22)26-25-28(34)35-17-36-29(25)39(37-26)21-3-2-14-38(16-21)30(40)20(15-33)9-8-18-6-7-18/h1,4-5,9-13,17-18,21H,2-3,6-8,14,16H2,(H2,34,35,36)/b20-9+/t21-/m1/s1. The molecule has 0 bridgehead atoms. The van der Waals surface area contributed by atoms with Gasteiger partial charge in [-0.05, 0) is 74.4 Å². The van der Waals surface area contributed by atoms with E-state index in [9.17, 15) is 18.8 Å². The van der Waals surface area contributed by atoms with E-state index in [1.165, 1.54) is 12.4 Å². The number of ether oxygens (including phenoxy) is 1. The van der Waals surface area contributed by atoms with Gasteiger partial charge in [-0.3, -0.25) is 4.79 Å². The molecular formula is C30H27F2N7O2. The van der Waals surface area contributed by atoms with Crippen LogP contribution in [0.2, 0.25) is 0 Å². The predicted octanol–water partition coefficient (Wildman–Crippen LogP) is 5.56. The second-order valence-electron chi connectivity index (χ2n) is 10.4.